The highest BCUT2D eigenvalue weighted by molar-refractivity contribution is 5.71. The lowest BCUT2D eigenvalue weighted by Crippen LogP contribution is -2.26. The minimum absolute atomic E-state index is 0.0729. The fraction of sp³-hybridized carbons (Fsp3) is 0.516. The SMILES string of the molecule is CCC(CC)(c1ccc(/C=C/C2(O)CCCC2)c(C)c1)c1ccc(OC[C@@H](O)CCC(=O)O)c(C)c1.CCC(CC)(c1ccc(/C=C/C2(O)CCCC2)c(C)c1)c1ccc(OC[C@@H]2CCC(=O)O2)c(C)c1. The standard InChI is InChI=1S/C31H42O5.C31H40O4/c1-5-31(6-2,25-10-9-24(22(3)19-25)15-18-30(35)16-7-8-17-30)26-11-13-28(23(4)20-26)36-21-27(32)12-14-29(33)34;1-5-31(6-2,25-10-9-24(22(3)19-25)15-18-30(33)16-7-8-17-30)26-11-13-28(23(4)20-26)34-21-27-12-14-29(32)35-27/h9-11,13,15,18-20,27,32,35H,5-8,12,14,16-17,21H2,1-4H3,(H,33,34);9-11,13,15,18-20,27,33H,5-8,12,14,16-17,21H2,1-4H3/b2*18-15+/t2*27-/m00/s1. The molecule has 4 N–H and O–H groups in total. The summed E-state index contributed by atoms with van der Waals surface area (Å²) in [5.74, 6) is 0.498. The molecule has 4 aromatic carbocycles. The van der Waals surface area contributed by atoms with Gasteiger partial charge in [-0.3, -0.25) is 9.59 Å². The highest BCUT2D eigenvalue weighted by Gasteiger charge is 2.34. The molecule has 7 rings (SSSR count). The molecule has 71 heavy (non-hydrogen) atoms. The summed E-state index contributed by atoms with van der Waals surface area (Å²) in [6.07, 6.45) is 20.2. The quantitative estimate of drug-likeness (QED) is 0.0600. The Kier molecular flexibility index (Phi) is 19.0. The molecule has 2 aliphatic carbocycles. The Hall–Kier alpha value is -5.22. The van der Waals surface area contributed by atoms with Gasteiger partial charge in [0.05, 0.1) is 17.3 Å². The zero-order chi connectivity index (χ0) is 51.4. The van der Waals surface area contributed by atoms with Crippen molar-refractivity contribution in [1.29, 1.82) is 0 Å². The van der Waals surface area contributed by atoms with Crippen molar-refractivity contribution in [1.82, 2.24) is 0 Å². The first kappa shape index (κ1) is 55.1. The van der Waals surface area contributed by atoms with E-state index in [0.29, 0.717) is 18.8 Å². The summed E-state index contributed by atoms with van der Waals surface area (Å²) in [5.41, 5.74) is 10.4. The number of hydrogen-bond acceptors (Lipinski definition) is 8. The number of carboxylic acids is 1. The number of carbonyl (C=O) groups is 2. The van der Waals surface area contributed by atoms with Crippen LogP contribution < -0.4 is 9.47 Å². The number of aliphatic carboxylic acids is 1. The third-order valence-corrected chi connectivity index (χ3v) is 16.1. The van der Waals surface area contributed by atoms with E-state index in [1.165, 1.54) is 38.9 Å². The van der Waals surface area contributed by atoms with Crippen LogP contribution in [0.1, 0.15) is 186 Å². The molecule has 9 nitrogen and oxygen atoms in total. The number of ether oxygens (including phenoxy) is 3. The number of cyclic esters (lactones) is 1. The number of aliphatic hydroxyl groups excluding tert-OH is 1. The number of aryl methyl sites for hydroxylation is 4. The summed E-state index contributed by atoms with van der Waals surface area (Å²) in [5, 5.41) is 40.2. The maximum absolute atomic E-state index is 11.4. The van der Waals surface area contributed by atoms with E-state index in [1.54, 1.807) is 0 Å². The van der Waals surface area contributed by atoms with Gasteiger partial charge in [0.25, 0.3) is 0 Å². The molecule has 384 valence electrons. The zero-order valence-electron chi connectivity index (χ0n) is 44.0. The van der Waals surface area contributed by atoms with Gasteiger partial charge in [-0.25, -0.2) is 0 Å². The number of hydrogen-bond donors (Lipinski definition) is 4. The van der Waals surface area contributed by atoms with E-state index >= 15 is 0 Å². The molecule has 1 saturated heterocycles. The van der Waals surface area contributed by atoms with Gasteiger partial charge < -0.3 is 34.6 Å². The molecule has 2 atom stereocenters. The van der Waals surface area contributed by atoms with Crippen molar-refractivity contribution in [2.24, 2.45) is 0 Å². The molecule has 0 amide bonds. The number of carboxylic acid groups (broad SMARTS) is 1. The second kappa shape index (κ2) is 24.5. The summed E-state index contributed by atoms with van der Waals surface area (Å²) in [4.78, 5) is 22.1. The fourth-order valence-corrected chi connectivity index (χ4v) is 11.2. The van der Waals surface area contributed by atoms with Crippen LogP contribution in [0.4, 0.5) is 0 Å². The zero-order valence-corrected chi connectivity index (χ0v) is 44.0. The summed E-state index contributed by atoms with van der Waals surface area (Å²) in [6.45, 7) is 17.8. The normalized spacial score (nSPS) is 18.1. The van der Waals surface area contributed by atoms with E-state index in [2.05, 4.69) is 127 Å². The van der Waals surface area contributed by atoms with Gasteiger partial charge in [-0.1, -0.05) is 138 Å². The Morgan fingerprint density at radius 2 is 1.07 bits per heavy atom. The summed E-state index contributed by atoms with van der Waals surface area (Å²) >= 11 is 0. The molecular weight excluding hydrogens is 889 g/mol. The Bertz CT molecular complexity index is 2480. The van der Waals surface area contributed by atoms with E-state index in [0.717, 1.165) is 106 Å². The second-order valence-electron chi connectivity index (χ2n) is 20.8. The molecular formula is C62H82O9. The van der Waals surface area contributed by atoms with Crippen LogP contribution in [0, 0.1) is 27.7 Å². The van der Waals surface area contributed by atoms with E-state index in [-0.39, 0.29) is 42.4 Å². The van der Waals surface area contributed by atoms with Crippen LogP contribution in [0.5, 0.6) is 11.5 Å². The van der Waals surface area contributed by atoms with Gasteiger partial charge >= 0.3 is 11.9 Å². The van der Waals surface area contributed by atoms with Crippen molar-refractivity contribution in [2.75, 3.05) is 13.2 Å². The molecule has 0 unspecified atom stereocenters. The molecule has 0 bridgehead atoms. The molecule has 9 heteroatoms. The van der Waals surface area contributed by atoms with Gasteiger partial charge in [-0.15, -0.1) is 0 Å². The van der Waals surface area contributed by atoms with Crippen LogP contribution in [-0.4, -0.2) is 69.0 Å². The van der Waals surface area contributed by atoms with Crippen LogP contribution >= 0.6 is 0 Å². The second-order valence-corrected chi connectivity index (χ2v) is 20.8. The number of rotatable bonds is 21. The predicted molar refractivity (Wildman–Crippen MR) is 285 cm³/mol. The van der Waals surface area contributed by atoms with Crippen molar-refractivity contribution >= 4 is 24.1 Å². The maximum atomic E-state index is 11.4. The lowest BCUT2D eigenvalue weighted by Gasteiger charge is -2.34. The van der Waals surface area contributed by atoms with Gasteiger partial charge in [-0.05, 0) is 160 Å². The van der Waals surface area contributed by atoms with Crippen molar-refractivity contribution in [3.8, 4) is 11.5 Å². The average molecular weight is 971 g/mol. The Balaban J connectivity index is 0.000000232. The Morgan fingerprint density at radius 1 is 0.662 bits per heavy atom. The van der Waals surface area contributed by atoms with Crippen molar-refractivity contribution in [3.63, 3.8) is 0 Å². The summed E-state index contributed by atoms with van der Waals surface area (Å²) in [7, 11) is 0. The van der Waals surface area contributed by atoms with Gasteiger partial charge in [0.15, 0.2) is 0 Å². The molecule has 3 aliphatic rings. The number of esters is 1. The lowest BCUT2D eigenvalue weighted by molar-refractivity contribution is -0.142. The van der Waals surface area contributed by atoms with Crippen molar-refractivity contribution in [2.45, 2.75) is 192 Å². The van der Waals surface area contributed by atoms with Gasteiger partial charge in [0, 0.05) is 23.7 Å². The Morgan fingerprint density at radius 3 is 1.44 bits per heavy atom. The molecule has 1 aliphatic heterocycles. The third kappa shape index (κ3) is 13.6. The average Bonchev–Trinajstić information content (AvgIpc) is 4.12. The maximum Gasteiger partial charge on any atom is 0.306 e. The molecule has 1 heterocycles. The van der Waals surface area contributed by atoms with E-state index < -0.39 is 23.3 Å². The minimum Gasteiger partial charge on any atom is -0.491 e. The smallest absolute Gasteiger partial charge is 0.306 e. The van der Waals surface area contributed by atoms with E-state index in [9.17, 15) is 24.9 Å². The minimum atomic E-state index is -0.921. The molecule has 3 fully saturated rings. The molecule has 0 aromatic heterocycles. The van der Waals surface area contributed by atoms with Crippen LogP contribution in [-0.2, 0) is 25.2 Å². The van der Waals surface area contributed by atoms with Crippen LogP contribution in [0.2, 0.25) is 0 Å². The van der Waals surface area contributed by atoms with Gasteiger partial charge in [0.1, 0.15) is 30.8 Å². The molecule has 0 spiro atoms. The molecule has 2 saturated carbocycles. The van der Waals surface area contributed by atoms with Crippen LogP contribution in [0.25, 0.3) is 12.2 Å². The number of benzene rings is 4. The van der Waals surface area contributed by atoms with E-state index in [4.69, 9.17) is 19.3 Å². The van der Waals surface area contributed by atoms with Crippen molar-refractivity contribution < 1.29 is 44.2 Å². The van der Waals surface area contributed by atoms with E-state index in [1.807, 2.05) is 25.1 Å². The predicted octanol–water partition coefficient (Wildman–Crippen LogP) is 13.1. The number of aliphatic hydroxyl groups is 3. The van der Waals surface area contributed by atoms with Crippen molar-refractivity contribution in [3.05, 3.63) is 141 Å². The van der Waals surface area contributed by atoms with Crippen LogP contribution in [0.15, 0.2) is 84.9 Å². The largest absolute Gasteiger partial charge is 0.491 e. The first-order chi connectivity index (χ1) is 33.9. The lowest BCUT2D eigenvalue weighted by atomic mass is 9.70. The third-order valence-electron chi connectivity index (χ3n) is 16.1. The van der Waals surface area contributed by atoms with Crippen LogP contribution in [0.3, 0.4) is 0 Å². The van der Waals surface area contributed by atoms with Gasteiger partial charge in [-0.2, -0.15) is 0 Å². The summed E-state index contributed by atoms with van der Waals surface area (Å²) < 4.78 is 17.1. The molecule has 4 aromatic rings. The highest BCUT2D eigenvalue weighted by Crippen LogP contribution is 2.43. The highest BCUT2D eigenvalue weighted by atomic mass is 16.6. The first-order valence-electron chi connectivity index (χ1n) is 26.5. The number of carbonyl (C=O) groups excluding carboxylic acids is 1. The fourth-order valence-electron chi connectivity index (χ4n) is 11.2. The topological polar surface area (TPSA) is 143 Å². The first-order valence-corrected chi connectivity index (χ1v) is 26.5. The Labute approximate surface area is 424 Å². The summed E-state index contributed by atoms with van der Waals surface area (Å²) in [6, 6.07) is 26.2. The molecule has 0 radical (unpaired) electrons. The monoisotopic (exact) mass is 971 g/mol. The van der Waals surface area contributed by atoms with Gasteiger partial charge in [0.2, 0.25) is 0 Å².